The second-order valence-corrected chi connectivity index (χ2v) is 4.87. The van der Waals surface area contributed by atoms with E-state index in [1.165, 1.54) is 0 Å². The lowest BCUT2D eigenvalue weighted by atomic mass is 10.3. The van der Waals surface area contributed by atoms with Gasteiger partial charge in [0.05, 0.1) is 20.3 Å². The largest absolute Gasteiger partial charge is 0.493 e. The highest BCUT2D eigenvalue weighted by atomic mass is 16.5. The van der Waals surface area contributed by atoms with Gasteiger partial charge in [-0.25, -0.2) is 0 Å². The Bertz CT molecular complexity index is 434. The number of benzene rings is 1. The van der Waals surface area contributed by atoms with Crippen molar-refractivity contribution in [1.29, 1.82) is 0 Å². The average Bonchev–Trinajstić information content (AvgIpc) is 2.46. The van der Waals surface area contributed by atoms with Gasteiger partial charge in [0.15, 0.2) is 11.5 Å². The molecule has 1 aromatic carbocycles. The minimum absolute atomic E-state index is 0.205. The van der Waals surface area contributed by atoms with Crippen LogP contribution in [0.3, 0.4) is 0 Å². The van der Waals surface area contributed by atoms with E-state index in [1.54, 1.807) is 7.11 Å². The topological polar surface area (TPSA) is 48.0 Å². The lowest BCUT2D eigenvalue weighted by Gasteiger charge is -2.25. The Hall–Kier alpha value is -1.75. The van der Waals surface area contributed by atoms with E-state index in [1.807, 2.05) is 49.9 Å². The number of hydrogen-bond donors (Lipinski definition) is 0. The molecule has 0 spiro atoms. The molecule has 0 bridgehead atoms. The molecule has 0 unspecified atom stereocenters. The number of methoxy groups -OCH3 is 1. The van der Waals surface area contributed by atoms with Crippen molar-refractivity contribution >= 4 is 5.97 Å². The highest BCUT2D eigenvalue weighted by Crippen LogP contribution is 2.25. The first-order valence-corrected chi connectivity index (χ1v) is 7.24. The van der Waals surface area contributed by atoms with Crippen molar-refractivity contribution in [3.05, 3.63) is 24.3 Å². The van der Waals surface area contributed by atoms with Crippen LogP contribution in [-0.4, -0.2) is 50.3 Å². The molecule has 21 heavy (non-hydrogen) atoms. The summed E-state index contributed by atoms with van der Waals surface area (Å²) in [6, 6.07) is 7.76. The molecule has 0 radical (unpaired) electrons. The van der Waals surface area contributed by atoms with E-state index in [0.29, 0.717) is 31.3 Å². The second-order valence-electron chi connectivity index (χ2n) is 4.87. The molecule has 0 saturated carbocycles. The van der Waals surface area contributed by atoms with Gasteiger partial charge in [0.1, 0.15) is 6.61 Å². The normalized spacial score (nSPS) is 10.8. The van der Waals surface area contributed by atoms with Crippen molar-refractivity contribution in [1.82, 2.24) is 4.90 Å². The summed E-state index contributed by atoms with van der Waals surface area (Å²) in [6.45, 7) is 7.71. The van der Waals surface area contributed by atoms with Gasteiger partial charge >= 0.3 is 5.97 Å². The van der Waals surface area contributed by atoms with Crippen molar-refractivity contribution in [3.8, 4) is 11.5 Å². The third kappa shape index (κ3) is 6.04. The molecule has 0 heterocycles. The van der Waals surface area contributed by atoms with Crippen LogP contribution in [-0.2, 0) is 9.53 Å². The molecule has 0 fully saturated rings. The van der Waals surface area contributed by atoms with Crippen LogP contribution in [0.25, 0.3) is 0 Å². The summed E-state index contributed by atoms with van der Waals surface area (Å²) in [7, 11) is 1.61. The quantitative estimate of drug-likeness (QED) is 0.654. The predicted octanol–water partition coefficient (Wildman–Crippen LogP) is 2.35. The minimum atomic E-state index is -0.205. The number of para-hydroxylation sites is 2. The first-order valence-electron chi connectivity index (χ1n) is 7.24. The Morgan fingerprint density at radius 2 is 1.90 bits per heavy atom. The van der Waals surface area contributed by atoms with Gasteiger partial charge in [-0.2, -0.15) is 0 Å². The molecule has 0 aliphatic heterocycles. The molecule has 0 atom stereocenters. The van der Waals surface area contributed by atoms with E-state index in [2.05, 4.69) is 0 Å². The molecular weight excluding hydrogens is 270 g/mol. The van der Waals surface area contributed by atoms with Gasteiger partial charge in [-0.3, -0.25) is 9.69 Å². The first-order chi connectivity index (χ1) is 10.1. The zero-order chi connectivity index (χ0) is 15.7. The summed E-state index contributed by atoms with van der Waals surface area (Å²) in [4.78, 5) is 13.6. The maximum absolute atomic E-state index is 11.6. The van der Waals surface area contributed by atoms with Crippen molar-refractivity contribution in [2.45, 2.75) is 26.8 Å². The maximum atomic E-state index is 11.6. The van der Waals surface area contributed by atoms with Crippen LogP contribution in [0.1, 0.15) is 20.8 Å². The zero-order valence-electron chi connectivity index (χ0n) is 13.3. The zero-order valence-corrected chi connectivity index (χ0v) is 13.3. The maximum Gasteiger partial charge on any atom is 0.320 e. The summed E-state index contributed by atoms with van der Waals surface area (Å²) < 4.78 is 15.9. The molecule has 118 valence electrons. The Kier molecular flexibility index (Phi) is 7.61. The molecule has 0 amide bonds. The Morgan fingerprint density at radius 3 is 2.48 bits per heavy atom. The summed E-state index contributed by atoms with van der Waals surface area (Å²) in [6.07, 6.45) is 0. The molecule has 1 rings (SSSR count). The molecule has 0 N–H and O–H groups in total. The van der Waals surface area contributed by atoms with Crippen molar-refractivity contribution in [3.63, 3.8) is 0 Å². The molecule has 5 heteroatoms. The Balaban J connectivity index is 2.48. The minimum Gasteiger partial charge on any atom is -0.493 e. The van der Waals surface area contributed by atoms with Crippen molar-refractivity contribution in [2.24, 2.45) is 0 Å². The molecule has 0 saturated heterocycles. The highest BCUT2D eigenvalue weighted by molar-refractivity contribution is 5.71. The summed E-state index contributed by atoms with van der Waals surface area (Å²) in [5.74, 6) is 1.21. The number of ether oxygens (including phenoxy) is 3. The smallest absolute Gasteiger partial charge is 0.320 e. The van der Waals surface area contributed by atoms with Crippen molar-refractivity contribution in [2.75, 3.05) is 33.4 Å². The van der Waals surface area contributed by atoms with Gasteiger partial charge in [-0.05, 0) is 32.9 Å². The third-order valence-corrected chi connectivity index (χ3v) is 3.07. The summed E-state index contributed by atoms with van der Waals surface area (Å²) in [5.41, 5.74) is 0. The van der Waals surface area contributed by atoms with Gasteiger partial charge in [-0.15, -0.1) is 0 Å². The van der Waals surface area contributed by atoms with E-state index in [4.69, 9.17) is 14.2 Å². The lowest BCUT2D eigenvalue weighted by molar-refractivity contribution is -0.145. The molecule has 0 aliphatic rings. The van der Waals surface area contributed by atoms with E-state index >= 15 is 0 Å². The van der Waals surface area contributed by atoms with Gasteiger partial charge in [0.25, 0.3) is 0 Å². The number of esters is 1. The van der Waals surface area contributed by atoms with Crippen molar-refractivity contribution < 1.29 is 19.0 Å². The van der Waals surface area contributed by atoms with Gasteiger partial charge in [0, 0.05) is 12.6 Å². The SMILES string of the molecule is CCOC(=O)CN(CCOc1ccccc1OC)C(C)C. The van der Waals surface area contributed by atoms with Crippen LogP contribution in [0.4, 0.5) is 0 Å². The van der Waals surface area contributed by atoms with Gasteiger partial charge < -0.3 is 14.2 Å². The summed E-state index contributed by atoms with van der Waals surface area (Å²) in [5, 5.41) is 0. The van der Waals surface area contributed by atoms with E-state index in [-0.39, 0.29) is 18.6 Å². The molecule has 0 aromatic heterocycles. The average molecular weight is 295 g/mol. The first kappa shape index (κ1) is 17.3. The van der Waals surface area contributed by atoms with Crippen LogP contribution in [0.15, 0.2) is 24.3 Å². The third-order valence-electron chi connectivity index (χ3n) is 3.07. The molecule has 0 aliphatic carbocycles. The van der Waals surface area contributed by atoms with Crippen LogP contribution in [0.2, 0.25) is 0 Å². The van der Waals surface area contributed by atoms with E-state index in [0.717, 1.165) is 0 Å². The predicted molar refractivity (Wildman–Crippen MR) is 81.8 cm³/mol. The van der Waals surface area contributed by atoms with Crippen LogP contribution in [0.5, 0.6) is 11.5 Å². The second kappa shape index (κ2) is 9.23. The van der Waals surface area contributed by atoms with Gasteiger partial charge in [0.2, 0.25) is 0 Å². The fourth-order valence-corrected chi connectivity index (χ4v) is 1.90. The highest BCUT2D eigenvalue weighted by Gasteiger charge is 2.15. The molecular formula is C16H25NO4. The number of carbonyl (C=O) groups is 1. The Labute approximate surface area is 126 Å². The fourth-order valence-electron chi connectivity index (χ4n) is 1.90. The number of carbonyl (C=O) groups excluding carboxylic acids is 1. The standard InChI is InChI=1S/C16H25NO4/c1-5-20-16(18)12-17(13(2)3)10-11-21-15-9-7-6-8-14(15)19-4/h6-9,13H,5,10-12H2,1-4H3. The van der Waals surface area contributed by atoms with E-state index in [9.17, 15) is 4.79 Å². The number of nitrogens with zero attached hydrogens (tertiary/aromatic N) is 1. The Morgan fingerprint density at radius 1 is 1.24 bits per heavy atom. The lowest BCUT2D eigenvalue weighted by Crippen LogP contribution is -2.39. The van der Waals surface area contributed by atoms with Crippen LogP contribution in [0, 0.1) is 0 Å². The molecule has 1 aromatic rings. The van der Waals surface area contributed by atoms with Crippen LogP contribution >= 0.6 is 0 Å². The molecule has 5 nitrogen and oxygen atoms in total. The van der Waals surface area contributed by atoms with E-state index < -0.39 is 0 Å². The van der Waals surface area contributed by atoms with Crippen LogP contribution < -0.4 is 9.47 Å². The monoisotopic (exact) mass is 295 g/mol. The summed E-state index contributed by atoms with van der Waals surface area (Å²) >= 11 is 0. The number of rotatable bonds is 9. The fraction of sp³-hybridized carbons (Fsp3) is 0.562. The number of hydrogen-bond acceptors (Lipinski definition) is 5. The van der Waals surface area contributed by atoms with Gasteiger partial charge in [-0.1, -0.05) is 12.1 Å².